The summed E-state index contributed by atoms with van der Waals surface area (Å²) in [6.07, 6.45) is 1.30. The van der Waals surface area contributed by atoms with Gasteiger partial charge < -0.3 is 5.32 Å². The van der Waals surface area contributed by atoms with Crippen LogP contribution in [-0.2, 0) is 0 Å². The maximum absolute atomic E-state index is 3.73. The third-order valence-corrected chi connectivity index (χ3v) is 3.66. The second-order valence-electron chi connectivity index (χ2n) is 6.70. The predicted octanol–water partition coefficient (Wildman–Crippen LogP) is 2.74. The van der Waals surface area contributed by atoms with Gasteiger partial charge in [0, 0.05) is 25.2 Å². The summed E-state index contributed by atoms with van der Waals surface area (Å²) in [7, 11) is 0. The highest BCUT2D eigenvalue weighted by atomic mass is 15.2. The van der Waals surface area contributed by atoms with Gasteiger partial charge in [-0.3, -0.25) is 4.90 Å². The summed E-state index contributed by atoms with van der Waals surface area (Å²) in [5.74, 6) is 0.794. The first-order valence-corrected chi connectivity index (χ1v) is 6.82. The zero-order chi connectivity index (χ0) is 12.3. The smallest absolute Gasteiger partial charge is 0.0269 e. The van der Waals surface area contributed by atoms with Gasteiger partial charge in [0.15, 0.2) is 0 Å². The summed E-state index contributed by atoms with van der Waals surface area (Å²) in [5.41, 5.74) is 0.381. The van der Waals surface area contributed by atoms with Crippen LogP contribution in [0.4, 0.5) is 0 Å². The standard InChI is InChI=1S/C14H30N2/c1-7-16-10-12(8-11(2)3)15-9-13(16)14(4,5)6/h11-13,15H,7-10H2,1-6H3. The second kappa shape index (κ2) is 5.50. The normalized spacial score (nSPS) is 28.7. The number of hydrogen-bond donors (Lipinski definition) is 1. The quantitative estimate of drug-likeness (QED) is 0.796. The van der Waals surface area contributed by atoms with Crippen molar-refractivity contribution < 1.29 is 0 Å². The summed E-state index contributed by atoms with van der Waals surface area (Å²) < 4.78 is 0. The molecule has 0 aromatic rings. The molecular weight excluding hydrogens is 196 g/mol. The van der Waals surface area contributed by atoms with Crippen molar-refractivity contribution >= 4 is 0 Å². The van der Waals surface area contributed by atoms with Crippen LogP contribution in [0.3, 0.4) is 0 Å². The van der Waals surface area contributed by atoms with E-state index in [1.807, 2.05) is 0 Å². The fourth-order valence-corrected chi connectivity index (χ4v) is 2.81. The maximum Gasteiger partial charge on any atom is 0.0269 e. The SMILES string of the molecule is CCN1CC(CC(C)C)NCC1C(C)(C)C. The number of rotatable bonds is 3. The molecule has 0 aromatic carbocycles. The molecular formula is C14H30N2. The van der Waals surface area contributed by atoms with E-state index in [0.29, 0.717) is 17.5 Å². The molecule has 0 bridgehead atoms. The maximum atomic E-state index is 3.73. The molecule has 2 unspecified atom stereocenters. The lowest BCUT2D eigenvalue weighted by atomic mass is 9.83. The van der Waals surface area contributed by atoms with Gasteiger partial charge in [-0.15, -0.1) is 0 Å². The van der Waals surface area contributed by atoms with Crippen molar-refractivity contribution in [1.29, 1.82) is 0 Å². The molecule has 0 aromatic heterocycles. The van der Waals surface area contributed by atoms with Gasteiger partial charge in [-0.2, -0.15) is 0 Å². The number of nitrogens with one attached hydrogen (secondary N) is 1. The second-order valence-corrected chi connectivity index (χ2v) is 6.70. The van der Waals surface area contributed by atoms with Crippen LogP contribution in [0.1, 0.15) is 48.0 Å². The summed E-state index contributed by atoms with van der Waals surface area (Å²) in [6, 6.07) is 1.37. The molecule has 1 fully saturated rings. The fourth-order valence-electron chi connectivity index (χ4n) is 2.81. The van der Waals surface area contributed by atoms with Crippen LogP contribution in [-0.4, -0.2) is 36.6 Å². The molecule has 2 heteroatoms. The van der Waals surface area contributed by atoms with E-state index in [1.165, 1.54) is 19.5 Å². The van der Waals surface area contributed by atoms with E-state index in [-0.39, 0.29) is 0 Å². The number of likely N-dealkylation sites (N-methyl/N-ethyl adjacent to an activating group) is 1. The van der Waals surface area contributed by atoms with Gasteiger partial charge in [0.05, 0.1) is 0 Å². The minimum absolute atomic E-state index is 0.381. The summed E-state index contributed by atoms with van der Waals surface area (Å²) in [6.45, 7) is 17.5. The van der Waals surface area contributed by atoms with Crippen molar-refractivity contribution in [3.63, 3.8) is 0 Å². The average molecular weight is 226 g/mol. The molecule has 1 N–H and O–H groups in total. The van der Waals surface area contributed by atoms with Gasteiger partial charge in [-0.05, 0) is 24.3 Å². The van der Waals surface area contributed by atoms with Gasteiger partial charge in [0.25, 0.3) is 0 Å². The van der Waals surface area contributed by atoms with Crippen LogP contribution >= 0.6 is 0 Å². The highest BCUT2D eigenvalue weighted by Gasteiger charge is 2.34. The van der Waals surface area contributed by atoms with Gasteiger partial charge >= 0.3 is 0 Å². The Morgan fingerprint density at radius 2 is 1.94 bits per heavy atom. The largest absolute Gasteiger partial charge is 0.311 e. The summed E-state index contributed by atoms with van der Waals surface area (Å²) >= 11 is 0. The first kappa shape index (κ1) is 14.0. The van der Waals surface area contributed by atoms with Crippen LogP contribution in [0.5, 0.6) is 0 Å². The molecule has 1 aliphatic heterocycles. The first-order valence-electron chi connectivity index (χ1n) is 6.82. The molecule has 2 atom stereocenters. The Bertz CT molecular complexity index is 205. The molecule has 0 radical (unpaired) electrons. The third-order valence-electron chi connectivity index (χ3n) is 3.66. The number of nitrogens with zero attached hydrogens (tertiary/aromatic N) is 1. The predicted molar refractivity (Wildman–Crippen MR) is 71.7 cm³/mol. The molecule has 1 saturated heterocycles. The molecule has 16 heavy (non-hydrogen) atoms. The Morgan fingerprint density at radius 1 is 1.31 bits per heavy atom. The van der Waals surface area contributed by atoms with Crippen LogP contribution < -0.4 is 5.32 Å². The molecule has 1 heterocycles. The van der Waals surface area contributed by atoms with E-state index >= 15 is 0 Å². The lowest BCUT2D eigenvalue weighted by molar-refractivity contribution is 0.0561. The van der Waals surface area contributed by atoms with Crippen LogP contribution in [0.2, 0.25) is 0 Å². The van der Waals surface area contributed by atoms with Crippen molar-refractivity contribution in [1.82, 2.24) is 10.2 Å². The van der Waals surface area contributed by atoms with E-state index in [0.717, 1.165) is 12.5 Å². The molecule has 0 amide bonds. The third kappa shape index (κ3) is 3.74. The minimum atomic E-state index is 0.381. The van der Waals surface area contributed by atoms with E-state index in [9.17, 15) is 0 Å². The van der Waals surface area contributed by atoms with E-state index in [2.05, 4.69) is 51.8 Å². The molecule has 1 rings (SSSR count). The summed E-state index contributed by atoms with van der Waals surface area (Å²) in [5, 5.41) is 3.73. The van der Waals surface area contributed by atoms with Crippen molar-refractivity contribution in [2.75, 3.05) is 19.6 Å². The van der Waals surface area contributed by atoms with Crippen LogP contribution in [0.25, 0.3) is 0 Å². The minimum Gasteiger partial charge on any atom is -0.311 e. The number of hydrogen-bond acceptors (Lipinski definition) is 2. The molecule has 0 spiro atoms. The fraction of sp³-hybridized carbons (Fsp3) is 1.00. The Hall–Kier alpha value is -0.0800. The monoisotopic (exact) mass is 226 g/mol. The van der Waals surface area contributed by atoms with Crippen LogP contribution in [0, 0.1) is 11.3 Å². The Kier molecular flexibility index (Phi) is 4.81. The Morgan fingerprint density at radius 3 is 2.38 bits per heavy atom. The molecule has 1 aliphatic rings. The van der Waals surface area contributed by atoms with Crippen molar-refractivity contribution in [2.24, 2.45) is 11.3 Å². The highest BCUT2D eigenvalue weighted by Crippen LogP contribution is 2.27. The number of piperazine rings is 1. The summed E-state index contributed by atoms with van der Waals surface area (Å²) in [4.78, 5) is 2.66. The van der Waals surface area contributed by atoms with Crippen molar-refractivity contribution in [3.8, 4) is 0 Å². The van der Waals surface area contributed by atoms with Gasteiger partial charge in [-0.25, -0.2) is 0 Å². The highest BCUT2D eigenvalue weighted by molar-refractivity contribution is 4.92. The van der Waals surface area contributed by atoms with E-state index < -0.39 is 0 Å². The van der Waals surface area contributed by atoms with E-state index in [4.69, 9.17) is 0 Å². The van der Waals surface area contributed by atoms with E-state index in [1.54, 1.807) is 0 Å². The van der Waals surface area contributed by atoms with Crippen LogP contribution in [0.15, 0.2) is 0 Å². The Balaban J connectivity index is 2.57. The zero-order valence-corrected chi connectivity index (χ0v) is 12.0. The molecule has 0 aliphatic carbocycles. The lowest BCUT2D eigenvalue weighted by Gasteiger charge is -2.46. The molecule has 96 valence electrons. The topological polar surface area (TPSA) is 15.3 Å². The average Bonchev–Trinajstić information content (AvgIpc) is 2.14. The zero-order valence-electron chi connectivity index (χ0n) is 12.0. The van der Waals surface area contributed by atoms with Gasteiger partial charge in [-0.1, -0.05) is 41.5 Å². The van der Waals surface area contributed by atoms with Crippen molar-refractivity contribution in [3.05, 3.63) is 0 Å². The lowest BCUT2D eigenvalue weighted by Crippen LogP contribution is -2.60. The Labute approximate surface area is 102 Å². The van der Waals surface area contributed by atoms with Gasteiger partial charge in [0.2, 0.25) is 0 Å². The first-order chi connectivity index (χ1) is 7.34. The van der Waals surface area contributed by atoms with Gasteiger partial charge in [0.1, 0.15) is 0 Å². The molecule has 2 nitrogen and oxygen atoms in total. The molecule has 0 saturated carbocycles. The van der Waals surface area contributed by atoms with Crippen molar-refractivity contribution in [2.45, 2.75) is 60.0 Å².